The van der Waals surface area contributed by atoms with Crippen molar-refractivity contribution in [2.75, 3.05) is 7.11 Å². The molecular weight excluding hydrogens is 238 g/mol. The number of ether oxygens (including phenoxy) is 1. The molecule has 1 rings (SSSR count). The summed E-state index contributed by atoms with van der Waals surface area (Å²) in [5.41, 5.74) is 0.377. The van der Waals surface area contributed by atoms with Crippen molar-refractivity contribution in [1.82, 2.24) is 0 Å². The number of carbonyl (C=O) groups excluding carboxylic acids is 2. The minimum Gasteiger partial charge on any atom is -0.469 e. The third kappa shape index (κ3) is 3.51. The van der Waals surface area contributed by atoms with Gasteiger partial charge in [0.05, 0.1) is 24.0 Å². The van der Waals surface area contributed by atoms with E-state index in [4.69, 9.17) is 0 Å². The molecule has 0 bridgehead atoms. The topological polar surface area (TPSA) is 86.5 Å². The van der Waals surface area contributed by atoms with Crippen LogP contribution < -0.4 is 0 Å². The summed E-state index contributed by atoms with van der Waals surface area (Å²) in [6.45, 7) is 0. The van der Waals surface area contributed by atoms with Gasteiger partial charge < -0.3 is 4.74 Å². The monoisotopic (exact) mass is 249 g/mol. The van der Waals surface area contributed by atoms with E-state index < -0.39 is 10.9 Å². The first-order valence-electron chi connectivity index (χ1n) is 5.05. The van der Waals surface area contributed by atoms with Crippen molar-refractivity contribution in [3.63, 3.8) is 0 Å². The Morgan fingerprint density at radius 2 is 2.22 bits per heavy atom. The summed E-state index contributed by atoms with van der Waals surface area (Å²) in [6, 6.07) is 4.11. The molecule has 0 heterocycles. The van der Waals surface area contributed by atoms with Crippen LogP contribution in [-0.2, 0) is 9.53 Å². The largest absolute Gasteiger partial charge is 0.469 e. The van der Waals surface area contributed by atoms with Crippen molar-refractivity contribution < 1.29 is 19.2 Å². The first kappa shape index (κ1) is 13.6. The molecule has 0 saturated carbocycles. The van der Waals surface area contributed by atoms with Crippen molar-refractivity contribution in [1.29, 1.82) is 0 Å². The molecular formula is C12H11NO5. The fourth-order valence-corrected chi connectivity index (χ4v) is 1.30. The molecule has 0 aliphatic carbocycles. The number of methoxy groups -OCH3 is 1. The third-order valence-corrected chi connectivity index (χ3v) is 2.20. The van der Waals surface area contributed by atoms with Crippen molar-refractivity contribution in [3.8, 4) is 0 Å². The minimum absolute atomic E-state index is 0.0308. The second-order valence-corrected chi connectivity index (χ2v) is 3.38. The maximum absolute atomic E-state index is 10.9. The first-order chi connectivity index (χ1) is 8.58. The summed E-state index contributed by atoms with van der Waals surface area (Å²) in [7, 11) is 1.26. The maximum Gasteiger partial charge on any atom is 0.309 e. The Bertz CT molecular complexity index is 507. The molecule has 0 N–H and O–H groups in total. The van der Waals surface area contributed by atoms with Crippen LogP contribution in [0.2, 0.25) is 0 Å². The second-order valence-electron chi connectivity index (χ2n) is 3.38. The number of hydrogen-bond donors (Lipinski definition) is 0. The van der Waals surface area contributed by atoms with E-state index in [1.54, 1.807) is 0 Å². The van der Waals surface area contributed by atoms with Gasteiger partial charge in [0.25, 0.3) is 5.69 Å². The average molecular weight is 249 g/mol. The van der Waals surface area contributed by atoms with Crippen LogP contribution >= 0.6 is 0 Å². The molecule has 0 radical (unpaired) electrons. The standard InChI is InChI=1S/C12H11NO5/c1-18-12(15)4-2-3-10-6-5-9(8-14)7-11(10)13(16)17/h2-3,5-8H,4H2,1H3. The van der Waals surface area contributed by atoms with Gasteiger partial charge in [-0.3, -0.25) is 19.7 Å². The molecule has 0 aliphatic heterocycles. The van der Waals surface area contributed by atoms with Crippen molar-refractivity contribution in [2.24, 2.45) is 0 Å². The van der Waals surface area contributed by atoms with Gasteiger partial charge in [0.2, 0.25) is 0 Å². The quantitative estimate of drug-likeness (QED) is 0.344. The zero-order chi connectivity index (χ0) is 13.5. The average Bonchev–Trinajstić information content (AvgIpc) is 2.38. The van der Waals surface area contributed by atoms with E-state index in [0.717, 1.165) is 0 Å². The van der Waals surface area contributed by atoms with Crippen LogP contribution in [0, 0.1) is 10.1 Å². The summed E-state index contributed by atoms with van der Waals surface area (Å²) in [5, 5.41) is 10.8. The van der Waals surface area contributed by atoms with Crippen LogP contribution in [0.4, 0.5) is 5.69 Å². The highest BCUT2D eigenvalue weighted by Gasteiger charge is 2.12. The molecule has 6 nitrogen and oxygen atoms in total. The number of benzene rings is 1. The van der Waals surface area contributed by atoms with Gasteiger partial charge in [-0.2, -0.15) is 0 Å². The predicted octanol–water partition coefficient (Wildman–Crippen LogP) is 1.98. The number of nitrogens with zero attached hydrogens (tertiary/aromatic N) is 1. The van der Waals surface area contributed by atoms with Gasteiger partial charge in [-0.25, -0.2) is 0 Å². The van der Waals surface area contributed by atoms with E-state index in [0.29, 0.717) is 11.8 Å². The van der Waals surface area contributed by atoms with Gasteiger partial charge in [-0.05, 0) is 6.07 Å². The molecule has 0 spiro atoms. The number of hydrogen-bond acceptors (Lipinski definition) is 5. The molecule has 0 aliphatic rings. The summed E-state index contributed by atoms with van der Waals surface area (Å²) < 4.78 is 4.43. The summed E-state index contributed by atoms with van der Waals surface area (Å²) in [4.78, 5) is 31.6. The van der Waals surface area contributed by atoms with E-state index >= 15 is 0 Å². The lowest BCUT2D eigenvalue weighted by Crippen LogP contribution is -1.97. The fourth-order valence-electron chi connectivity index (χ4n) is 1.30. The summed E-state index contributed by atoms with van der Waals surface area (Å²) in [5.74, 6) is -0.432. The lowest BCUT2D eigenvalue weighted by Gasteiger charge is -1.98. The number of aldehydes is 1. The minimum atomic E-state index is -0.579. The van der Waals surface area contributed by atoms with E-state index in [-0.39, 0.29) is 17.7 Å². The van der Waals surface area contributed by atoms with Crippen LogP contribution in [0.15, 0.2) is 24.3 Å². The summed E-state index contributed by atoms with van der Waals surface area (Å²) >= 11 is 0. The van der Waals surface area contributed by atoms with Crippen LogP contribution in [0.5, 0.6) is 0 Å². The maximum atomic E-state index is 10.9. The highest BCUT2D eigenvalue weighted by Crippen LogP contribution is 2.21. The van der Waals surface area contributed by atoms with Gasteiger partial charge in [0, 0.05) is 11.6 Å². The van der Waals surface area contributed by atoms with Gasteiger partial charge in [-0.15, -0.1) is 0 Å². The van der Waals surface area contributed by atoms with E-state index in [2.05, 4.69) is 4.74 Å². The Balaban J connectivity index is 2.98. The smallest absolute Gasteiger partial charge is 0.309 e. The molecule has 0 fully saturated rings. The van der Waals surface area contributed by atoms with Gasteiger partial charge in [0.15, 0.2) is 0 Å². The van der Waals surface area contributed by atoms with Gasteiger partial charge >= 0.3 is 5.97 Å². The Labute approximate surface area is 103 Å². The molecule has 0 saturated heterocycles. The Morgan fingerprint density at radius 1 is 1.50 bits per heavy atom. The molecule has 94 valence electrons. The number of carbonyl (C=O) groups is 2. The molecule has 1 aromatic rings. The number of nitro groups is 1. The van der Waals surface area contributed by atoms with E-state index in [1.807, 2.05) is 0 Å². The zero-order valence-electron chi connectivity index (χ0n) is 9.66. The highest BCUT2D eigenvalue weighted by atomic mass is 16.6. The fraction of sp³-hybridized carbons (Fsp3) is 0.167. The molecule has 1 aromatic carbocycles. The number of rotatable bonds is 5. The normalized spacial score (nSPS) is 10.3. The second kappa shape index (κ2) is 6.29. The van der Waals surface area contributed by atoms with Crippen molar-refractivity contribution in [2.45, 2.75) is 6.42 Å². The van der Waals surface area contributed by atoms with Crippen LogP contribution in [0.3, 0.4) is 0 Å². The number of nitro benzene ring substituents is 1. The molecule has 0 amide bonds. The predicted molar refractivity (Wildman–Crippen MR) is 64.2 cm³/mol. The molecule has 0 unspecified atom stereocenters. The molecule has 18 heavy (non-hydrogen) atoms. The first-order valence-corrected chi connectivity index (χ1v) is 5.05. The third-order valence-electron chi connectivity index (χ3n) is 2.20. The molecule has 0 aromatic heterocycles. The Hall–Kier alpha value is -2.50. The SMILES string of the molecule is COC(=O)CC=Cc1ccc(C=O)cc1[N+](=O)[O-]. The lowest BCUT2D eigenvalue weighted by molar-refractivity contribution is -0.385. The number of esters is 1. The molecule has 6 heteroatoms. The zero-order valence-corrected chi connectivity index (χ0v) is 9.66. The summed E-state index contributed by atoms with van der Waals surface area (Å²) in [6.07, 6.45) is 3.48. The van der Waals surface area contributed by atoms with Crippen LogP contribution in [-0.4, -0.2) is 24.3 Å². The van der Waals surface area contributed by atoms with E-state index in [1.165, 1.54) is 37.5 Å². The van der Waals surface area contributed by atoms with Gasteiger partial charge in [0.1, 0.15) is 6.29 Å². The van der Waals surface area contributed by atoms with E-state index in [9.17, 15) is 19.7 Å². The lowest BCUT2D eigenvalue weighted by atomic mass is 10.1. The van der Waals surface area contributed by atoms with Crippen LogP contribution in [0.25, 0.3) is 6.08 Å². The van der Waals surface area contributed by atoms with Crippen molar-refractivity contribution in [3.05, 3.63) is 45.5 Å². The van der Waals surface area contributed by atoms with Crippen molar-refractivity contribution >= 4 is 24.0 Å². The highest BCUT2D eigenvalue weighted by molar-refractivity contribution is 5.79. The Morgan fingerprint density at radius 3 is 2.78 bits per heavy atom. The van der Waals surface area contributed by atoms with Gasteiger partial charge in [-0.1, -0.05) is 18.2 Å². The van der Waals surface area contributed by atoms with Crippen LogP contribution in [0.1, 0.15) is 22.3 Å². The molecule has 0 atom stereocenters. The Kier molecular flexibility index (Phi) is 4.74.